The maximum atomic E-state index is 13.3. The van der Waals surface area contributed by atoms with Crippen LogP contribution < -0.4 is 15.4 Å². The van der Waals surface area contributed by atoms with Crippen molar-refractivity contribution in [3.8, 4) is 0 Å². The standard InChI is InChI=1S/C26H32N6O6S/c33-24(27-14-22(25(34)35)31-39(37)38)18-12-10-17(11-13-18)15-32(26(36)28-19-6-2-1-3-7-19)16-23-29-20-8-4-5-9-21(20)30-23/h4-5,8-13,19,22,31H,1-3,6-7,14-16H2,(H,27,33)(H,28,36)(H,29,30)(H,34,35)(H,37,38). The number of para-hydroxylation sites is 2. The van der Waals surface area contributed by atoms with Crippen molar-refractivity contribution in [2.45, 2.75) is 57.3 Å². The van der Waals surface area contributed by atoms with E-state index >= 15 is 0 Å². The molecule has 12 nitrogen and oxygen atoms in total. The van der Waals surface area contributed by atoms with E-state index in [1.165, 1.54) is 6.42 Å². The lowest BCUT2D eigenvalue weighted by atomic mass is 9.96. The van der Waals surface area contributed by atoms with Gasteiger partial charge in [0.25, 0.3) is 5.91 Å². The fourth-order valence-electron chi connectivity index (χ4n) is 4.55. The third-order valence-electron chi connectivity index (χ3n) is 6.60. The number of imidazole rings is 1. The number of H-pyrrole nitrogens is 1. The molecule has 2 atom stereocenters. The first-order chi connectivity index (χ1) is 18.8. The number of rotatable bonds is 11. The quantitative estimate of drug-likeness (QED) is 0.197. The Morgan fingerprint density at radius 1 is 1.05 bits per heavy atom. The summed E-state index contributed by atoms with van der Waals surface area (Å²) in [4.78, 5) is 46.6. The van der Waals surface area contributed by atoms with E-state index in [0.29, 0.717) is 5.82 Å². The van der Waals surface area contributed by atoms with E-state index in [1.54, 1.807) is 29.2 Å². The molecule has 2 unspecified atom stereocenters. The zero-order valence-corrected chi connectivity index (χ0v) is 22.1. The molecule has 4 rings (SSSR count). The van der Waals surface area contributed by atoms with Crippen LogP contribution in [0.25, 0.3) is 11.0 Å². The number of hydrogen-bond acceptors (Lipinski definition) is 5. The zero-order chi connectivity index (χ0) is 27.8. The Morgan fingerprint density at radius 3 is 2.44 bits per heavy atom. The number of urea groups is 1. The minimum Gasteiger partial charge on any atom is -0.480 e. The molecule has 1 aliphatic rings. The molecule has 0 saturated heterocycles. The maximum absolute atomic E-state index is 13.3. The van der Waals surface area contributed by atoms with Gasteiger partial charge >= 0.3 is 12.0 Å². The number of carboxylic acids is 1. The topological polar surface area (TPSA) is 177 Å². The number of carbonyl (C=O) groups excluding carboxylic acids is 2. The van der Waals surface area contributed by atoms with Crippen LogP contribution >= 0.6 is 0 Å². The Morgan fingerprint density at radius 2 is 1.77 bits per heavy atom. The van der Waals surface area contributed by atoms with E-state index in [1.807, 2.05) is 29.0 Å². The smallest absolute Gasteiger partial charge is 0.323 e. The van der Waals surface area contributed by atoms with Gasteiger partial charge in [-0.15, -0.1) is 0 Å². The van der Waals surface area contributed by atoms with Crippen LogP contribution in [0.4, 0.5) is 4.79 Å². The van der Waals surface area contributed by atoms with Crippen LogP contribution in [0.3, 0.4) is 0 Å². The van der Waals surface area contributed by atoms with Gasteiger partial charge in [-0.05, 0) is 42.7 Å². The molecule has 2 aromatic carbocycles. The highest BCUT2D eigenvalue weighted by Crippen LogP contribution is 2.19. The largest absolute Gasteiger partial charge is 0.480 e. The van der Waals surface area contributed by atoms with Gasteiger partial charge in [-0.1, -0.05) is 43.5 Å². The average molecular weight is 557 g/mol. The molecule has 1 heterocycles. The van der Waals surface area contributed by atoms with Crippen molar-refractivity contribution in [2.24, 2.45) is 0 Å². The third-order valence-corrected chi connectivity index (χ3v) is 7.08. The predicted molar refractivity (Wildman–Crippen MR) is 145 cm³/mol. The zero-order valence-electron chi connectivity index (χ0n) is 21.3. The Kier molecular flexibility index (Phi) is 9.63. The normalized spacial score (nSPS) is 15.4. The first kappa shape index (κ1) is 28.2. The molecular weight excluding hydrogens is 524 g/mol. The van der Waals surface area contributed by atoms with E-state index in [2.05, 4.69) is 20.6 Å². The Hall–Kier alpha value is -3.81. The minimum absolute atomic E-state index is 0.142. The summed E-state index contributed by atoms with van der Waals surface area (Å²) >= 11 is -2.54. The molecule has 0 spiro atoms. The highest BCUT2D eigenvalue weighted by molar-refractivity contribution is 7.77. The van der Waals surface area contributed by atoms with Crippen LogP contribution in [-0.2, 0) is 29.2 Å². The number of benzene rings is 2. The van der Waals surface area contributed by atoms with Crippen molar-refractivity contribution in [2.75, 3.05) is 6.54 Å². The highest BCUT2D eigenvalue weighted by Gasteiger charge is 2.23. The first-order valence-corrected chi connectivity index (χ1v) is 13.8. The van der Waals surface area contributed by atoms with E-state index in [0.717, 1.165) is 42.3 Å². The second-order valence-electron chi connectivity index (χ2n) is 9.51. The van der Waals surface area contributed by atoms with E-state index < -0.39 is 29.2 Å². The summed E-state index contributed by atoms with van der Waals surface area (Å²) < 4.78 is 21.7. The van der Waals surface area contributed by atoms with E-state index in [9.17, 15) is 18.6 Å². The summed E-state index contributed by atoms with van der Waals surface area (Å²) in [6.07, 6.45) is 5.29. The van der Waals surface area contributed by atoms with Crippen LogP contribution in [0, 0.1) is 0 Å². The number of nitrogens with one attached hydrogen (secondary N) is 4. The van der Waals surface area contributed by atoms with Gasteiger partial charge in [0.15, 0.2) is 0 Å². The first-order valence-electron chi connectivity index (χ1n) is 12.7. The molecule has 0 aliphatic heterocycles. The molecular formula is C26H32N6O6S. The third kappa shape index (κ3) is 8.09. The van der Waals surface area contributed by atoms with Gasteiger partial charge in [-0.25, -0.2) is 14.0 Å². The van der Waals surface area contributed by atoms with Crippen molar-refractivity contribution in [3.63, 3.8) is 0 Å². The number of fused-ring (bicyclic) bond motifs is 1. The summed E-state index contributed by atoms with van der Waals surface area (Å²) in [7, 11) is 0. The molecule has 1 fully saturated rings. The second kappa shape index (κ2) is 13.3. The van der Waals surface area contributed by atoms with Gasteiger partial charge < -0.3 is 25.6 Å². The number of hydrogen-bond donors (Lipinski definition) is 6. The van der Waals surface area contributed by atoms with Gasteiger partial charge in [-0.3, -0.25) is 14.1 Å². The van der Waals surface area contributed by atoms with Crippen LogP contribution in [0.2, 0.25) is 0 Å². The van der Waals surface area contributed by atoms with Gasteiger partial charge in [-0.2, -0.15) is 4.72 Å². The van der Waals surface area contributed by atoms with Crippen molar-refractivity contribution >= 4 is 40.2 Å². The maximum Gasteiger partial charge on any atom is 0.323 e. The molecule has 0 radical (unpaired) electrons. The van der Waals surface area contributed by atoms with E-state index in [4.69, 9.17) is 9.66 Å². The lowest BCUT2D eigenvalue weighted by Gasteiger charge is -2.28. The molecule has 1 saturated carbocycles. The minimum atomic E-state index is -2.54. The van der Waals surface area contributed by atoms with Crippen LogP contribution in [0.15, 0.2) is 48.5 Å². The predicted octanol–water partition coefficient (Wildman–Crippen LogP) is 2.52. The van der Waals surface area contributed by atoms with Crippen LogP contribution in [0.5, 0.6) is 0 Å². The number of aliphatic carboxylic acids is 1. The Bertz CT molecular complexity index is 1290. The van der Waals surface area contributed by atoms with Crippen molar-refractivity contribution in [3.05, 3.63) is 65.5 Å². The van der Waals surface area contributed by atoms with Gasteiger partial charge in [0.2, 0.25) is 11.3 Å². The average Bonchev–Trinajstić information content (AvgIpc) is 3.33. The lowest BCUT2D eigenvalue weighted by molar-refractivity contribution is -0.138. The fourth-order valence-corrected chi connectivity index (χ4v) is 4.98. The van der Waals surface area contributed by atoms with Gasteiger partial charge in [0.1, 0.15) is 11.9 Å². The second-order valence-corrected chi connectivity index (χ2v) is 10.2. The van der Waals surface area contributed by atoms with Crippen molar-refractivity contribution in [1.82, 2.24) is 30.2 Å². The summed E-state index contributed by atoms with van der Waals surface area (Å²) in [6, 6.07) is 12.8. The van der Waals surface area contributed by atoms with Crippen LogP contribution in [-0.4, -0.2) is 65.3 Å². The molecule has 1 aromatic heterocycles. The molecule has 39 heavy (non-hydrogen) atoms. The number of aromatic nitrogens is 2. The highest BCUT2D eigenvalue weighted by atomic mass is 32.2. The number of aromatic amines is 1. The number of carbonyl (C=O) groups is 3. The number of carboxylic acid groups (broad SMARTS) is 1. The molecule has 3 aromatic rings. The summed E-state index contributed by atoms with van der Waals surface area (Å²) in [5, 5.41) is 14.7. The van der Waals surface area contributed by atoms with Crippen LogP contribution in [0.1, 0.15) is 53.8 Å². The number of nitrogens with zero attached hydrogens (tertiary/aromatic N) is 2. The van der Waals surface area contributed by atoms with Crippen molar-refractivity contribution < 1.29 is 28.3 Å². The summed E-state index contributed by atoms with van der Waals surface area (Å²) in [5.74, 6) is -1.24. The SMILES string of the molecule is O=C(NCC(NS(=O)O)C(=O)O)c1ccc(CN(Cc2nc3ccccc3[nH]2)C(=O)NC2CCCCC2)cc1. The van der Waals surface area contributed by atoms with Gasteiger partial charge in [0, 0.05) is 24.7 Å². The van der Waals surface area contributed by atoms with Gasteiger partial charge in [0.05, 0.1) is 17.6 Å². The fraction of sp³-hybridized carbons (Fsp3) is 0.385. The molecule has 0 bridgehead atoms. The molecule has 6 N–H and O–H groups in total. The summed E-state index contributed by atoms with van der Waals surface area (Å²) in [6.45, 7) is 0.172. The Labute approximate surface area is 228 Å². The summed E-state index contributed by atoms with van der Waals surface area (Å²) in [5.41, 5.74) is 2.79. The Balaban J connectivity index is 1.43. The monoisotopic (exact) mass is 556 g/mol. The molecule has 13 heteroatoms. The lowest BCUT2D eigenvalue weighted by Crippen LogP contribution is -2.46. The number of amides is 3. The van der Waals surface area contributed by atoms with E-state index in [-0.39, 0.29) is 37.3 Å². The molecule has 208 valence electrons. The molecule has 3 amide bonds. The van der Waals surface area contributed by atoms with Crippen molar-refractivity contribution in [1.29, 1.82) is 0 Å². The molecule has 1 aliphatic carbocycles.